The summed E-state index contributed by atoms with van der Waals surface area (Å²) in [6, 6.07) is 45.0. The van der Waals surface area contributed by atoms with Crippen LogP contribution in [-0.4, -0.2) is 58.6 Å². The van der Waals surface area contributed by atoms with Crippen molar-refractivity contribution < 1.29 is 141 Å². The van der Waals surface area contributed by atoms with Gasteiger partial charge in [0.05, 0.1) is 48.4 Å². The first-order valence-electron chi connectivity index (χ1n) is 26.0. The predicted octanol–water partition coefficient (Wildman–Crippen LogP) is 3.61. The fraction of sp³-hybridized carbons (Fsp3) is 0.239. The van der Waals surface area contributed by atoms with Gasteiger partial charge in [0.1, 0.15) is 17.8 Å². The number of aromatic hydroxyl groups is 2. The van der Waals surface area contributed by atoms with E-state index in [4.69, 9.17) is 44.2 Å². The summed E-state index contributed by atoms with van der Waals surface area (Å²) in [6.07, 6.45) is 12.1. The van der Waals surface area contributed by atoms with Crippen molar-refractivity contribution in [1.29, 1.82) is 15.8 Å². The monoisotopic (exact) mass is 1260 g/mol. The summed E-state index contributed by atoms with van der Waals surface area (Å²) in [5.74, 6) is -7.71. The third-order valence-corrected chi connectivity index (χ3v) is 11.5. The molecule has 9 rings (SSSR count). The van der Waals surface area contributed by atoms with E-state index in [2.05, 4.69) is 29.0 Å². The summed E-state index contributed by atoms with van der Waals surface area (Å²) in [7, 11) is 1.33. The molecule has 0 spiro atoms. The molecule has 1 fully saturated rings. The van der Waals surface area contributed by atoms with Crippen LogP contribution in [-0.2, 0) is 65.8 Å². The van der Waals surface area contributed by atoms with Crippen LogP contribution >= 0.6 is 0 Å². The predicted molar refractivity (Wildman–Crippen MR) is 324 cm³/mol. The number of hydrogen-bond acceptors (Lipinski definition) is 19. The topological polar surface area (TPSA) is 299 Å². The molecule has 0 amide bonds. The van der Waals surface area contributed by atoms with Gasteiger partial charge >= 0.3 is 83.0 Å². The number of aromatic nitrogens is 2. The number of esters is 4. The number of thiol groups is 1. The van der Waals surface area contributed by atoms with E-state index in [-0.39, 0.29) is 127 Å². The third-order valence-electron chi connectivity index (χ3n) is 11.5. The molecule has 5 heterocycles. The molecule has 3 aliphatic heterocycles. The van der Waals surface area contributed by atoms with E-state index in [1.165, 1.54) is 62.5 Å². The van der Waals surface area contributed by atoms with E-state index in [1.54, 1.807) is 24.3 Å². The van der Waals surface area contributed by atoms with Crippen LogP contribution in [0.4, 0.5) is 0 Å². The Bertz CT molecular complexity index is 3500. The molecule has 23 heteroatoms. The van der Waals surface area contributed by atoms with Crippen LogP contribution < -0.4 is 78.5 Å². The number of carbonyl (C=O) groups excluding carboxylic acids is 4. The zero-order valence-electron chi connectivity index (χ0n) is 50.7. The van der Waals surface area contributed by atoms with Crippen LogP contribution in [0.3, 0.4) is 0 Å². The fourth-order valence-electron chi connectivity index (χ4n) is 7.58. The molecule has 20 nitrogen and oxygen atoms in total. The largest absolute Gasteiger partial charge is 1.00 e. The molecule has 2 aromatic heterocycles. The number of carbonyl (C=O) groups is 4. The van der Waals surface area contributed by atoms with Crippen molar-refractivity contribution in [1.82, 2.24) is 0 Å². The second kappa shape index (κ2) is 37.2. The molecular weight excluding hydrogens is 1190 g/mol. The Morgan fingerprint density at radius 2 is 0.844 bits per heavy atom. The molecule has 460 valence electrons. The molecule has 4 aromatic carbocycles. The van der Waals surface area contributed by atoms with Gasteiger partial charge in [0.25, 0.3) is 5.79 Å². The Kier molecular flexibility index (Phi) is 33.6. The first kappa shape index (κ1) is 81.2. The molecule has 0 radical (unpaired) electrons. The van der Waals surface area contributed by atoms with Crippen molar-refractivity contribution in [2.75, 3.05) is 7.11 Å². The summed E-state index contributed by atoms with van der Waals surface area (Å²) in [4.78, 5) is 45.0. The average molecular weight is 1260 g/mol. The number of phenolic OH excluding ortho intramolecular Hbond substituents is 2. The number of phenols is 2. The van der Waals surface area contributed by atoms with Gasteiger partial charge in [-0.15, -0.1) is 0 Å². The van der Waals surface area contributed by atoms with Crippen LogP contribution in [0.5, 0.6) is 11.5 Å². The van der Waals surface area contributed by atoms with E-state index >= 15 is 0 Å². The maximum atomic E-state index is 11.4. The molecule has 3 aliphatic rings. The Morgan fingerprint density at radius 1 is 0.533 bits per heavy atom. The first-order chi connectivity index (χ1) is 40.2. The molecule has 0 atom stereocenters. The van der Waals surface area contributed by atoms with Gasteiger partial charge in [-0.25, -0.2) is 19.2 Å². The number of allylic oxidation sites excluding steroid dienone is 2. The minimum Gasteiger partial charge on any atom is -0.813 e. The van der Waals surface area contributed by atoms with Gasteiger partial charge in [-0.3, -0.25) is 0 Å². The van der Waals surface area contributed by atoms with Gasteiger partial charge in [-0.05, 0) is 88.1 Å². The van der Waals surface area contributed by atoms with E-state index in [0.29, 0.717) is 6.42 Å². The van der Waals surface area contributed by atoms with Crippen LogP contribution in [0.2, 0.25) is 0 Å². The molecule has 6 aromatic rings. The number of nitriles is 3. The third kappa shape index (κ3) is 23.6. The number of cyclic esters (lactones) is 4. The van der Waals surface area contributed by atoms with Gasteiger partial charge in [0.2, 0.25) is 11.4 Å². The standard InChI is InChI=1S/C34H24N2O2.2C10H11NO4.C8H10O5.C3H5N.2CH4.2Na.H2S/c37-33-13-11-29(23-31(33)27-7-3-1-4-8-27)35-19-15-25(16-20-35)26-17-21-36(22-18-26)30-12-14-34(38)32(24-30)28-9-5-2-6-10-28;2*1-6(5-11)4-7-8(12)14-10(2,3)15-9(7)13;1-8(2)12-6(9)5(4-11-3)7(10)13-8;1-2-3-4;;;;;/h1-24H;2*4,12H,1-3H3;4H,1-3H3;2H2,1H3;2*1H4;;;1H2/q;;;;;;;2*+1;/p-1. The Balaban J connectivity index is 0.00000127. The van der Waals surface area contributed by atoms with Gasteiger partial charge in [-0.1, -0.05) is 82.4 Å². The Hall–Kier alpha value is -8.82. The van der Waals surface area contributed by atoms with Crippen molar-refractivity contribution in [3.05, 3.63) is 204 Å². The Morgan fingerprint density at radius 3 is 1.13 bits per heavy atom. The molecule has 0 unspecified atom stereocenters. The van der Waals surface area contributed by atoms with E-state index in [9.17, 15) is 39.6 Å². The van der Waals surface area contributed by atoms with Crippen molar-refractivity contribution >= 4 is 37.4 Å². The number of ether oxygens (including phenoxy) is 7. The molecular formula is C67H70N5Na2O15S+. The number of hydrogen-bond donors (Lipinski definition) is 2. The van der Waals surface area contributed by atoms with E-state index in [0.717, 1.165) is 63.2 Å². The second-order valence-electron chi connectivity index (χ2n) is 19.6. The van der Waals surface area contributed by atoms with Crippen LogP contribution in [0, 0.1) is 34.0 Å². The van der Waals surface area contributed by atoms with E-state index in [1.807, 2.05) is 132 Å². The fourth-order valence-corrected chi connectivity index (χ4v) is 7.58. The zero-order chi connectivity index (χ0) is 62.6. The summed E-state index contributed by atoms with van der Waals surface area (Å²) in [5.41, 5.74) is 7.44. The number of methoxy groups -OCH3 is 1. The number of benzene rings is 4. The number of rotatable bonds is 8. The summed E-state index contributed by atoms with van der Waals surface area (Å²) in [6.45, 7) is 13.6. The van der Waals surface area contributed by atoms with Gasteiger partial charge in [0.15, 0.2) is 41.9 Å². The van der Waals surface area contributed by atoms with Gasteiger partial charge in [-0.2, -0.15) is 24.9 Å². The van der Waals surface area contributed by atoms with Crippen molar-refractivity contribution in [2.45, 2.75) is 101 Å². The van der Waals surface area contributed by atoms with Crippen molar-refractivity contribution in [3.63, 3.8) is 0 Å². The SMILES string of the molecule is C.C.CC(C#N)=CC1=C([O-])OC(C)(C)OC1=O.CC(C#N)=CC1=C([O-])OC(C)(C)OC1=O.CCC#N.COC=C1C(=O)OC(C)(C)OC1=O.Oc1ccc(-[n+]2ccc(-c3cc[n+](-c4ccc(O)c(-c5ccccc5)c4)cc3)cc2)cc1-c1ccccc1.[Na+].[Na+].[SH-]. The number of nitrogens with zero attached hydrogens (tertiary/aromatic N) is 5. The molecule has 2 N–H and O–H groups in total. The van der Waals surface area contributed by atoms with Gasteiger partial charge in [0, 0.05) is 91.1 Å². The molecule has 0 saturated carbocycles. The maximum absolute atomic E-state index is 11.4. The first-order valence-corrected chi connectivity index (χ1v) is 26.0. The number of pyridine rings is 2. The zero-order valence-corrected chi connectivity index (χ0v) is 55.6. The van der Waals surface area contributed by atoms with Crippen molar-refractivity contribution in [3.8, 4) is 74.5 Å². The Labute approximate surface area is 576 Å². The smallest absolute Gasteiger partial charge is 0.813 e. The molecule has 90 heavy (non-hydrogen) atoms. The summed E-state index contributed by atoms with van der Waals surface area (Å²) < 4.78 is 37.5. The minimum atomic E-state index is -1.24. The van der Waals surface area contributed by atoms with Gasteiger partial charge < -0.3 is 67.1 Å². The van der Waals surface area contributed by atoms with E-state index < -0.39 is 53.1 Å². The molecule has 0 bridgehead atoms. The quantitative estimate of drug-likeness (QED) is 0.0210. The van der Waals surface area contributed by atoms with Crippen LogP contribution in [0.15, 0.2) is 204 Å². The summed E-state index contributed by atoms with van der Waals surface area (Å²) in [5, 5.41) is 68.1. The minimum absolute atomic E-state index is 0. The normalized spacial score (nSPS) is 14.5. The van der Waals surface area contributed by atoms with Crippen molar-refractivity contribution in [2.24, 2.45) is 0 Å². The van der Waals surface area contributed by atoms with Crippen LogP contribution in [0.25, 0.3) is 44.8 Å². The van der Waals surface area contributed by atoms with Crippen LogP contribution in [0.1, 0.15) is 83.6 Å². The molecule has 0 aliphatic carbocycles. The molecule has 1 saturated heterocycles. The summed E-state index contributed by atoms with van der Waals surface area (Å²) >= 11 is 0. The maximum Gasteiger partial charge on any atom is 1.00 e. The average Bonchev–Trinajstić information content (AvgIpc) is 1.45. The second-order valence-corrected chi connectivity index (χ2v) is 19.6.